The first-order valence-corrected chi connectivity index (χ1v) is 8.69. The molecule has 1 aromatic heterocycles. The molecule has 0 radical (unpaired) electrons. The van der Waals surface area contributed by atoms with Gasteiger partial charge in [-0.15, -0.1) is 0 Å². The summed E-state index contributed by atoms with van der Waals surface area (Å²) < 4.78 is 10.7. The second kappa shape index (κ2) is 8.38. The number of aromatic nitrogens is 2. The van der Waals surface area contributed by atoms with Gasteiger partial charge in [-0.05, 0) is 36.2 Å². The van der Waals surface area contributed by atoms with Crippen LogP contribution in [0.5, 0.6) is 11.5 Å². The third-order valence-corrected chi connectivity index (χ3v) is 4.12. The van der Waals surface area contributed by atoms with Crippen LogP contribution in [0.1, 0.15) is 18.3 Å². The lowest BCUT2D eigenvalue weighted by atomic mass is 10.2. The number of aromatic amines is 1. The summed E-state index contributed by atoms with van der Waals surface area (Å²) in [6.45, 7) is 2.60. The number of nitrogens with one attached hydrogen (secondary N) is 2. The largest absolute Gasteiger partial charge is 0.497 e. The Labute approximate surface area is 152 Å². The Kier molecular flexibility index (Phi) is 5.73. The predicted octanol–water partition coefficient (Wildman–Crippen LogP) is 2.87. The highest BCUT2D eigenvalue weighted by atomic mass is 16.5. The molecule has 6 heteroatoms. The molecule has 26 heavy (non-hydrogen) atoms. The molecule has 1 heterocycles. The lowest BCUT2D eigenvalue weighted by Crippen LogP contribution is -2.30. The SMILES string of the molecule is CCc1ccc(OCC(=O)NCCc2nc3ccc(OC)cc3[nH]2)cc1. The molecule has 2 N–H and O–H groups in total. The van der Waals surface area contributed by atoms with Crippen molar-refractivity contribution in [3.05, 3.63) is 53.9 Å². The van der Waals surface area contributed by atoms with Crippen molar-refractivity contribution in [3.63, 3.8) is 0 Å². The first kappa shape index (κ1) is 17.8. The Morgan fingerprint density at radius 3 is 2.65 bits per heavy atom. The Balaban J connectivity index is 1.44. The number of hydrogen-bond donors (Lipinski definition) is 2. The number of nitrogens with zero attached hydrogens (tertiary/aromatic N) is 1. The van der Waals surface area contributed by atoms with Crippen LogP contribution >= 0.6 is 0 Å². The highest BCUT2D eigenvalue weighted by Crippen LogP contribution is 2.18. The number of benzene rings is 2. The number of fused-ring (bicyclic) bond motifs is 1. The molecule has 6 nitrogen and oxygen atoms in total. The van der Waals surface area contributed by atoms with Crippen LogP contribution in [0.25, 0.3) is 11.0 Å². The van der Waals surface area contributed by atoms with Crippen molar-refractivity contribution < 1.29 is 14.3 Å². The molecule has 0 bridgehead atoms. The highest BCUT2D eigenvalue weighted by molar-refractivity contribution is 5.78. The number of methoxy groups -OCH3 is 1. The summed E-state index contributed by atoms with van der Waals surface area (Å²) in [5, 5.41) is 2.84. The van der Waals surface area contributed by atoms with Crippen LogP contribution in [0, 0.1) is 0 Å². The van der Waals surface area contributed by atoms with Crippen molar-refractivity contribution in [1.82, 2.24) is 15.3 Å². The first-order chi connectivity index (χ1) is 12.7. The van der Waals surface area contributed by atoms with Gasteiger partial charge in [0.05, 0.1) is 18.1 Å². The summed E-state index contributed by atoms with van der Waals surface area (Å²) in [7, 11) is 1.63. The maximum absolute atomic E-state index is 11.9. The van der Waals surface area contributed by atoms with Gasteiger partial charge in [0.15, 0.2) is 6.61 Å². The molecular weight excluding hydrogens is 330 g/mol. The van der Waals surface area contributed by atoms with E-state index in [2.05, 4.69) is 22.2 Å². The zero-order valence-corrected chi connectivity index (χ0v) is 15.0. The van der Waals surface area contributed by atoms with E-state index in [0.717, 1.165) is 29.0 Å². The minimum atomic E-state index is -0.151. The van der Waals surface area contributed by atoms with Crippen molar-refractivity contribution in [2.24, 2.45) is 0 Å². The van der Waals surface area contributed by atoms with Crippen molar-refractivity contribution in [3.8, 4) is 11.5 Å². The summed E-state index contributed by atoms with van der Waals surface area (Å²) in [5.41, 5.74) is 3.04. The van der Waals surface area contributed by atoms with Gasteiger partial charge < -0.3 is 19.8 Å². The molecule has 0 saturated carbocycles. The highest BCUT2D eigenvalue weighted by Gasteiger charge is 2.06. The van der Waals surface area contributed by atoms with E-state index in [0.29, 0.717) is 18.7 Å². The number of ether oxygens (including phenoxy) is 2. The molecule has 0 aliphatic heterocycles. The van der Waals surface area contributed by atoms with E-state index in [1.54, 1.807) is 7.11 Å². The van der Waals surface area contributed by atoms with Crippen LogP contribution in [-0.2, 0) is 17.6 Å². The monoisotopic (exact) mass is 353 g/mol. The third-order valence-electron chi connectivity index (χ3n) is 4.12. The molecule has 2 aromatic carbocycles. The Hall–Kier alpha value is -3.02. The van der Waals surface area contributed by atoms with E-state index in [1.165, 1.54) is 5.56 Å². The average molecular weight is 353 g/mol. The Morgan fingerprint density at radius 1 is 1.15 bits per heavy atom. The second-order valence-corrected chi connectivity index (χ2v) is 5.95. The summed E-state index contributed by atoms with van der Waals surface area (Å²) in [6.07, 6.45) is 1.60. The fourth-order valence-electron chi connectivity index (χ4n) is 2.63. The van der Waals surface area contributed by atoms with Crippen LogP contribution < -0.4 is 14.8 Å². The van der Waals surface area contributed by atoms with Gasteiger partial charge in [0.2, 0.25) is 0 Å². The lowest BCUT2D eigenvalue weighted by molar-refractivity contribution is -0.123. The van der Waals surface area contributed by atoms with Crippen molar-refractivity contribution >= 4 is 16.9 Å². The molecule has 0 unspecified atom stereocenters. The number of rotatable bonds is 8. The van der Waals surface area contributed by atoms with Crippen molar-refractivity contribution in [1.29, 1.82) is 0 Å². The van der Waals surface area contributed by atoms with E-state index in [9.17, 15) is 4.79 Å². The normalized spacial score (nSPS) is 10.7. The molecule has 0 aliphatic carbocycles. The van der Waals surface area contributed by atoms with Crippen LogP contribution in [0.2, 0.25) is 0 Å². The van der Waals surface area contributed by atoms with E-state index in [1.807, 2.05) is 42.5 Å². The Bertz CT molecular complexity index is 872. The number of carbonyl (C=O) groups is 1. The molecule has 3 rings (SSSR count). The molecule has 136 valence electrons. The van der Waals surface area contributed by atoms with Crippen LogP contribution in [0.15, 0.2) is 42.5 Å². The minimum Gasteiger partial charge on any atom is -0.497 e. The number of amides is 1. The van der Waals surface area contributed by atoms with E-state index in [-0.39, 0.29) is 12.5 Å². The summed E-state index contributed by atoms with van der Waals surface area (Å²) in [5.74, 6) is 2.15. The van der Waals surface area contributed by atoms with Gasteiger partial charge in [-0.2, -0.15) is 0 Å². The zero-order chi connectivity index (χ0) is 18.4. The quantitative estimate of drug-likeness (QED) is 0.653. The first-order valence-electron chi connectivity index (χ1n) is 8.69. The molecule has 0 atom stereocenters. The summed E-state index contributed by atoms with van der Waals surface area (Å²) >= 11 is 0. The molecule has 3 aromatic rings. The Morgan fingerprint density at radius 2 is 1.92 bits per heavy atom. The van der Waals surface area contributed by atoms with Gasteiger partial charge >= 0.3 is 0 Å². The van der Waals surface area contributed by atoms with Crippen molar-refractivity contribution in [2.75, 3.05) is 20.3 Å². The van der Waals surface area contributed by atoms with Gasteiger partial charge in [0.25, 0.3) is 5.91 Å². The summed E-state index contributed by atoms with van der Waals surface area (Å²) in [4.78, 5) is 19.6. The van der Waals surface area contributed by atoms with Crippen molar-refractivity contribution in [2.45, 2.75) is 19.8 Å². The smallest absolute Gasteiger partial charge is 0.257 e. The second-order valence-electron chi connectivity index (χ2n) is 5.95. The molecular formula is C20H23N3O3. The average Bonchev–Trinajstić information content (AvgIpc) is 3.08. The number of aryl methyl sites for hydroxylation is 1. The van der Waals surface area contributed by atoms with Gasteiger partial charge in [-0.25, -0.2) is 4.98 Å². The van der Waals surface area contributed by atoms with Gasteiger partial charge in [-0.1, -0.05) is 19.1 Å². The number of carbonyl (C=O) groups excluding carboxylic acids is 1. The topological polar surface area (TPSA) is 76.2 Å². The molecule has 1 amide bonds. The molecule has 0 saturated heterocycles. The number of H-pyrrole nitrogens is 1. The number of hydrogen-bond acceptors (Lipinski definition) is 4. The molecule has 0 fully saturated rings. The summed E-state index contributed by atoms with van der Waals surface area (Å²) in [6, 6.07) is 13.5. The molecule has 0 aliphatic rings. The van der Waals surface area contributed by atoms with Gasteiger partial charge in [0, 0.05) is 19.0 Å². The maximum Gasteiger partial charge on any atom is 0.257 e. The lowest BCUT2D eigenvalue weighted by Gasteiger charge is -2.07. The fourth-order valence-corrected chi connectivity index (χ4v) is 2.63. The van der Waals surface area contributed by atoms with E-state index in [4.69, 9.17) is 9.47 Å². The van der Waals surface area contributed by atoms with Crippen LogP contribution in [-0.4, -0.2) is 36.1 Å². The fraction of sp³-hybridized carbons (Fsp3) is 0.300. The maximum atomic E-state index is 11.9. The van der Waals surface area contributed by atoms with Crippen LogP contribution in [0.4, 0.5) is 0 Å². The van der Waals surface area contributed by atoms with Gasteiger partial charge in [-0.3, -0.25) is 4.79 Å². The van der Waals surface area contributed by atoms with E-state index < -0.39 is 0 Å². The minimum absolute atomic E-state index is 0.00278. The molecule has 0 spiro atoms. The van der Waals surface area contributed by atoms with Gasteiger partial charge in [0.1, 0.15) is 17.3 Å². The van der Waals surface area contributed by atoms with E-state index >= 15 is 0 Å². The third kappa shape index (κ3) is 4.53. The number of imidazole rings is 1. The predicted molar refractivity (Wildman–Crippen MR) is 101 cm³/mol. The van der Waals surface area contributed by atoms with Crippen LogP contribution in [0.3, 0.4) is 0 Å². The standard InChI is InChI=1S/C20H23N3O3/c1-3-14-4-6-15(7-5-14)26-13-20(24)21-11-10-19-22-17-9-8-16(25-2)12-18(17)23-19/h4-9,12H,3,10-11,13H2,1-2H3,(H,21,24)(H,22,23). The zero-order valence-electron chi connectivity index (χ0n) is 15.0.